The van der Waals surface area contributed by atoms with Crippen LogP contribution in [-0.4, -0.2) is 34.9 Å². The van der Waals surface area contributed by atoms with E-state index in [1.54, 1.807) is 12.1 Å². The number of alkyl halides is 4. The van der Waals surface area contributed by atoms with Crippen LogP contribution in [0, 0.1) is 11.3 Å². The minimum absolute atomic E-state index is 0.0585. The number of aliphatic imine (C=N–C) groups is 1. The van der Waals surface area contributed by atoms with Crippen LogP contribution in [0.3, 0.4) is 0 Å². The molecule has 1 saturated carbocycles. The maximum atomic E-state index is 15.0. The summed E-state index contributed by atoms with van der Waals surface area (Å²) >= 11 is 0. The number of pyridine rings is 1. The molecule has 0 radical (unpaired) electrons. The van der Waals surface area contributed by atoms with E-state index < -0.39 is 23.1 Å². The Balaban J connectivity index is 1.48. The highest BCUT2D eigenvalue weighted by Gasteiger charge is 2.52. The van der Waals surface area contributed by atoms with E-state index in [4.69, 9.17) is 0 Å². The summed E-state index contributed by atoms with van der Waals surface area (Å²) in [6, 6.07) is 11.2. The van der Waals surface area contributed by atoms with Crippen LogP contribution < -0.4 is 10.2 Å². The van der Waals surface area contributed by atoms with E-state index in [-0.39, 0.29) is 41.9 Å². The van der Waals surface area contributed by atoms with Crippen LogP contribution in [0.25, 0.3) is 0 Å². The van der Waals surface area contributed by atoms with Crippen LogP contribution in [0.2, 0.25) is 0 Å². The van der Waals surface area contributed by atoms with Crippen molar-refractivity contribution in [2.45, 2.75) is 56.0 Å². The van der Waals surface area contributed by atoms with E-state index in [0.717, 1.165) is 17.8 Å². The molecular weight excluding hydrogens is 450 g/mol. The molecule has 0 unspecified atom stereocenters. The number of nitrogens with zero attached hydrogens (tertiary/aromatic N) is 4. The lowest BCUT2D eigenvalue weighted by Crippen LogP contribution is -2.53. The molecule has 1 N–H and O–H groups in total. The van der Waals surface area contributed by atoms with E-state index in [0.29, 0.717) is 24.9 Å². The Bertz CT molecular complexity index is 1250. The van der Waals surface area contributed by atoms with Gasteiger partial charge in [-0.3, -0.25) is 9.79 Å². The van der Waals surface area contributed by atoms with E-state index in [1.165, 1.54) is 0 Å². The molecule has 1 spiro atoms. The van der Waals surface area contributed by atoms with Crippen LogP contribution in [-0.2, 0) is 16.6 Å². The number of amides is 1. The van der Waals surface area contributed by atoms with Gasteiger partial charge in [-0.05, 0) is 50.5 Å². The van der Waals surface area contributed by atoms with Crippen molar-refractivity contribution in [2.24, 2.45) is 4.99 Å². The Morgan fingerprint density at radius 2 is 1.91 bits per heavy atom. The van der Waals surface area contributed by atoms with Crippen molar-refractivity contribution in [1.82, 2.24) is 10.3 Å². The van der Waals surface area contributed by atoms with Crippen LogP contribution in [0.15, 0.2) is 41.4 Å². The number of nitriles is 1. The summed E-state index contributed by atoms with van der Waals surface area (Å²) in [6.07, 6.45) is -3.87. The number of piperidine rings is 1. The van der Waals surface area contributed by atoms with Gasteiger partial charge in [-0.1, -0.05) is 12.1 Å². The highest BCUT2D eigenvalue weighted by atomic mass is 19.4. The highest BCUT2D eigenvalue weighted by Crippen LogP contribution is 2.51. The summed E-state index contributed by atoms with van der Waals surface area (Å²) in [4.78, 5) is 23.3. The third-order valence-corrected chi connectivity index (χ3v) is 6.80. The average Bonchev–Trinajstić information content (AvgIpc) is 3.48. The zero-order valence-corrected chi connectivity index (χ0v) is 18.3. The number of hydrogen-bond acceptors (Lipinski definition) is 5. The minimum atomic E-state index is -4.71. The number of rotatable bonds is 3. The van der Waals surface area contributed by atoms with Crippen molar-refractivity contribution in [3.63, 3.8) is 0 Å². The molecule has 1 amide bonds. The predicted octanol–water partition coefficient (Wildman–Crippen LogP) is 4.23. The lowest BCUT2D eigenvalue weighted by atomic mass is 9.83. The van der Waals surface area contributed by atoms with E-state index in [2.05, 4.69) is 26.3 Å². The van der Waals surface area contributed by atoms with Gasteiger partial charge in [-0.2, -0.15) is 18.4 Å². The number of anilines is 1. The number of para-hydroxylation sites is 1. The number of hydrogen-bond donors (Lipinski definition) is 1. The van der Waals surface area contributed by atoms with E-state index in [9.17, 15) is 27.6 Å². The third kappa shape index (κ3) is 3.59. The Morgan fingerprint density at radius 1 is 1.18 bits per heavy atom. The summed E-state index contributed by atoms with van der Waals surface area (Å²) in [5, 5.41) is 12.1. The SMILES string of the molecule is C[C@H]1C[C@@]2(CCN1c1ccccc1C#N)N=C(c1ccc(C(F)(F)F)nc1C1(F)CC1)NC2=O. The highest BCUT2D eigenvalue weighted by molar-refractivity contribution is 6.16. The first-order valence-electron chi connectivity index (χ1n) is 11.0. The first-order chi connectivity index (χ1) is 16.1. The van der Waals surface area contributed by atoms with Crippen molar-refractivity contribution in [3.8, 4) is 6.07 Å². The maximum Gasteiger partial charge on any atom is 0.433 e. The monoisotopic (exact) mass is 471 g/mol. The lowest BCUT2D eigenvalue weighted by molar-refractivity contribution is -0.141. The molecule has 6 nitrogen and oxygen atoms in total. The summed E-state index contributed by atoms with van der Waals surface area (Å²) in [6.45, 7) is 2.39. The molecule has 2 atom stereocenters. The topological polar surface area (TPSA) is 81.4 Å². The molecule has 3 heterocycles. The fourth-order valence-corrected chi connectivity index (χ4v) is 4.85. The standard InChI is InChI=1S/C24H21F4N5O/c1-14-12-23(10-11-33(14)17-5-3-2-4-15(17)13-29)21(34)31-20(32-23)16-6-7-18(24(26,27)28)30-19(16)22(25)8-9-22/h2-7,14H,8-12H2,1H3,(H,31,32,34)/t14-,23+/m0/s1. The molecule has 1 aromatic carbocycles. The number of halogens is 4. The van der Waals surface area contributed by atoms with Crippen LogP contribution in [0.1, 0.15) is 55.1 Å². The van der Waals surface area contributed by atoms with Crippen LogP contribution in [0.5, 0.6) is 0 Å². The molecule has 176 valence electrons. The zero-order chi connectivity index (χ0) is 24.3. The molecule has 1 saturated heterocycles. The zero-order valence-electron chi connectivity index (χ0n) is 18.3. The van der Waals surface area contributed by atoms with Gasteiger partial charge in [-0.15, -0.1) is 0 Å². The van der Waals surface area contributed by atoms with Gasteiger partial charge in [0.25, 0.3) is 5.91 Å². The largest absolute Gasteiger partial charge is 0.433 e. The predicted molar refractivity (Wildman–Crippen MR) is 116 cm³/mol. The number of carbonyl (C=O) groups is 1. The van der Waals surface area contributed by atoms with E-state index >= 15 is 0 Å². The molecular formula is C24H21F4N5O. The number of amidine groups is 1. The van der Waals surface area contributed by atoms with Gasteiger partial charge in [0.05, 0.1) is 16.9 Å². The molecule has 2 aromatic rings. The van der Waals surface area contributed by atoms with Gasteiger partial charge in [0, 0.05) is 24.6 Å². The van der Waals surface area contributed by atoms with E-state index in [1.807, 2.05) is 19.1 Å². The number of carbonyl (C=O) groups excluding carboxylic acids is 1. The molecule has 34 heavy (non-hydrogen) atoms. The van der Waals surface area contributed by atoms with Gasteiger partial charge in [0.1, 0.15) is 23.1 Å². The summed E-state index contributed by atoms with van der Waals surface area (Å²) in [5.41, 5.74) is -3.17. The second kappa shape index (κ2) is 7.52. The second-order valence-corrected chi connectivity index (χ2v) is 9.13. The smallest absolute Gasteiger partial charge is 0.368 e. The lowest BCUT2D eigenvalue weighted by Gasteiger charge is -2.42. The molecule has 1 aromatic heterocycles. The van der Waals surface area contributed by atoms with Gasteiger partial charge < -0.3 is 10.2 Å². The van der Waals surface area contributed by atoms with Crippen LogP contribution >= 0.6 is 0 Å². The summed E-state index contributed by atoms with van der Waals surface area (Å²) < 4.78 is 54.6. The molecule has 0 bridgehead atoms. The number of aromatic nitrogens is 1. The van der Waals surface area contributed by atoms with Crippen LogP contribution in [0.4, 0.5) is 23.2 Å². The van der Waals surface area contributed by atoms with Crippen molar-refractivity contribution >= 4 is 17.4 Å². The van der Waals surface area contributed by atoms with Gasteiger partial charge in [0.15, 0.2) is 5.67 Å². The molecule has 2 aliphatic heterocycles. The molecule has 1 aliphatic carbocycles. The quantitative estimate of drug-likeness (QED) is 0.680. The Morgan fingerprint density at radius 3 is 2.56 bits per heavy atom. The van der Waals surface area contributed by atoms with Crippen molar-refractivity contribution in [3.05, 3.63) is 58.9 Å². The third-order valence-electron chi connectivity index (χ3n) is 6.80. The fraction of sp³-hybridized carbons (Fsp3) is 0.417. The van der Waals surface area contributed by atoms with Gasteiger partial charge in [0.2, 0.25) is 0 Å². The van der Waals surface area contributed by atoms with Crippen molar-refractivity contribution < 1.29 is 22.4 Å². The first-order valence-corrected chi connectivity index (χ1v) is 11.0. The summed E-state index contributed by atoms with van der Waals surface area (Å²) in [5.74, 6) is -0.305. The number of nitrogens with one attached hydrogen (secondary N) is 1. The first kappa shape index (κ1) is 22.3. The Labute approximate surface area is 193 Å². The molecule has 10 heteroatoms. The Kier molecular flexibility index (Phi) is 4.93. The maximum absolute atomic E-state index is 15.0. The number of benzene rings is 1. The second-order valence-electron chi connectivity index (χ2n) is 9.13. The van der Waals surface area contributed by atoms with Crippen molar-refractivity contribution in [2.75, 3.05) is 11.4 Å². The van der Waals surface area contributed by atoms with Gasteiger partial charge in [-0.25, -0.2) is 9.37 Å². The normalized spacial score (nSPS) is 25.6. The minimum Gasteiger partial charge on any atom is -0.368 e. The van der Waals surface area contributed by atoms with Crippen molar-refractivity contribution in [1.29, 1.82) is 5.26 Å². The molecule has 2 fully saturated rings. The molecule has 3 aliphatic rings. The molecule has 5 rings (SSSR count). The fourth-order valence-electron chi connectivity index (χ4n) is 4.85. The van der Waals surface area contributed by atoms with Gasteiger partial charge >= 0.3 is 6.18 Å². The average molecular weight is 471 g/mol. The summed E-state index contributed by atoms with van der Waals surface area (Å²) in [7, 11) is 0. The Hall–Kier alpha value is -3.48.